The number of benzene rings is 2. The largest absolute Gasteiger partial charge is 0.507 e. The Morgan fingerprint density at radius 3 is 2.45 bits per heavy atom. The maximum Gasteiger partial charge on any atom is 0.319 e. The number of ether oxygens (including phenoxy) is 1. The number of nitrogens with one attached hydrogen (secondary N) is 1. The van der Waals surface area contributed by atoms with Crippen LogP contribution in [0, 0.1) is 16.7 Å². The highest BCUT2D eigenvalue weighted by Crippen LogP contribution is 2.52. The van der Waals surface area contributed by atoms with Crippen molar-refractivity contribution in [3.63, 3.8) is 0 Å². The van der Waals surface area contributed by atoms with Crippen molar-refractivity contribution in [1.82, 2.24) is 5.32 Å². The van der Waals surface area contributed by atoms with Gasteiger partial charge in [0.05, 0.1) is 18.7 Å². The number of hydrogen-bond donors (Lipinski definition) is 5. The van der Waals surface area contributed by atoms with E-state index in [1.165, 1.54) is 6.07 Å². The number of aliphatic hydroxyl groups excluding tert-OH is 1. The van der Waals surface area contributed by atoms with Crippen molar-refractivity contribution >= 4 is 29.2 Å². The fourth-order valence-corrected chi connectivity index (χ4v) is 6.29. The summed E-state index contributed by atoms with van der Waals surface area (Å²) in [6.45, 7) is 2.53. The fraction of sp³-hybridized carbons (Fsp3) is 0.333. The van der Waals surface area contributed by atoms with Gasteiger partial charge in [0.15, 0.2) is 5.60 Å². The van der Waals surface area contributed by atoms with E-state index >= 15 is 0 Å². The van der Waals surface area contributed by atoms with Crippen LogP contribution in [0.2, 0.25) is 0 Å². The van der Waals surface area contributed by atoms with Crippen LogP contribution in [0.15, 0.2) is 58.4 Å². The van der Waals surface area contributed by atoms with Crippen LogP contribution in [0.4, 0.5) is 0 Å². The predicted octanol–water partition coefficient (Wildman–Crippen LogP) is 1.95. The molecule has 5 rings (SSSR count). The molecule has 42 heavy (non-hydrogen) atoms. The first-order valence-corrected chi connectivity index (χ1v) is 13.4. The quantitative estimate of drug-likeness (QED) is 0.134. The smallest absolute Gasteiger partial charge is 0.319 e. The van der Waals surface area contributed by atoms with Crippen molar-refractivity contribution in [3.8, 4) is 16.9 Å². The van der Waals surface area contributed by atoms with E-state index < -0.39 is 51.9 Å². The van der Waals surface area contributed by atoms with Crippen molar-refractivity contribution in [3.05, 3.63) is 74.8 Å². The lowest BCUT2D eigenvalue weighted by Gasteiger charge is -2.45. The van der Waals surface area contributed by atoms with Crippen molar-refractivity contribution in [2.45, 2.75) is 38.3 Å². The van der Waals surface area contributed by atoms with Gasteiger partial charge in [-0.1, -0.05) is 30.3 Å². The van der Waals surface area contributed by atoms with E-state index in [1.54, 1.807) is 13.0 Å². The Labute approximate surface area is 239 Å². The number of allylic oxidation sites excluding steroid dienone is 1. The molecule has 12 heteroatoms. The molecule has 0 bridgehead atoms. The van der Waals surface area contributed by atoms with Gasteiger partial charge >= 0.3 is 5.97 Å². The maximum atomic E-state index is 13.7. The van der Waals surface area contributed by atoms with Crippen LogP contribution in [0.3, 0.4) is 0 Å². The molecule has 3 aliphatic carbocycles. The zero-order chi connectivity index (χ0) is 30.3. The number of aliphatic hydroxyl groups is 2. The summed E-state index contributed by atoms with van der Waals surface area (Å²) in [6, 6.07) is 10.5. The van der Waals surface area contributed by atoms with Crippen LogP contribution in [0.1, 0.15) is 36.5 Å². The first kappa shape index (κ1) is 28.8. The number of phenolic OH excluding ortho intramolecular Hbond substituents is 1. The molecule has 0 saturated heterocycles. The molecule has 6 N–H and O–H groups in total. The molecule has 0 radical (unpaired) electrons. The summed E-state index contributed by atoms with van der Waals surface area (Å²) in [5.74, 6) is -6.62. The number of ketones is 2. The lowest BCUT2D eigenvalue weighted by Crippen LogP contribution is -2.61. The van der Waals surface area contributed by atoms with Gasteiger partial charge in [0.25, 0.3) is 5.91 Å². The van der Waals surface area contributed by atoms with E-state index in [-0.39, 0.29) is 48.7 Å². The summed E-state index contributed by atoms with van der Waals surface area (Å²) in [5.41, 5.74) is 4.04. The predicted molar refractivity (Wildman–Crippen MR) is 148 cm³/mol. The molecule has 1 fully saturated rings. The molecular formula is C30H29N3O9. The highest BCUT2D eigenvalue weighted by atomic mass is 16.5. The van der Waals surface area contributed by atoms with Crippen LogP contribution in [0.5, 0.6) is 5.75 Å². The molecular weight excluding hydrogens is 546 g/mol. The minimum atomic E-state index is -2.71. The van der Waals surface area contributed by atoms with E-state index in [4.69, 9.17) is 10.5 Å². The number of hydrogen-bond acceptors (Lipinski definition) is 11. The number of nitrogens with zero attached hydrogens (tertiary/aromatic N) is 1. The first-order chi connectivity index (χ1) is 20.0. The average Bonchev–Trinajstić information content (AvgIpc) is 2.95. The van der Waals surface area contributed by atoms with Crippen LogP contribution in [-0.4, -0.2) is 57.5 Å². The van der Waals surface area contributed by atoms with Crippen molar-refractivity contribution in [1.29, 1.82) is 0 Å². The number of carbonyl (C=O) groups is 4. The zero-order valence-electron chi connectivity index (χ0n) is 22.7. The number of fused-ring (bicyclic) bond motifs is 3. The first-order valence-electron chi connectivity index (χ1n) is 13.4. The maximum absolute atomic E-state index is 13.7. The van der Waals surface area contributed by atoms with Crippen molar-refractivity contribution < 1.29 is 39.2 Å². The summed E-state index contributed by atoms with van der Waals surface area (Å²) in [5, 5.41) is 39.2. The number of amides is 1. The van der Waals surface area contributed by atoms with Gasteiger partial charge in [-0.05, 0) is 59.2 Å². The molecule has 0 heterocycles. The van der Waals surface area contributed by atoms with Crippen LogP contribution >= 0.6 is 0 Å². The van der Waals surface area contributed by atoms with Crippen molar-refractivity contribution in [2.24, 2.45) is 22.7 Å². The third kappa shape index (κ3) is 4.58. The van der Waals surface area contributed by atoms with Gasteiger partial charge in [-0.15, -0.1) is 4.91 Å². The molecule has 0 unspecified atom stereocenters. The number of phenols is 1. The summed E-state index contributed by atoms with van der Waals surface area (Å²) < 4.78 is 4.90. The average molecular weight is 576 g/mol. The van der Waals surface area contributed by atoms with Crippen molar-refractivity contribution in [2.75, 3.05) is 13.2 Å². The van der Waals surface area contributed by atoms with Crippen LogP contribution in [0.25, 0.3) is 16.9 Å². The number of nitroso groups, excluding NO2 is 1. The van der Waals surface area contributed by atoms with Gasteiger partial charge in [-0.2, -0.15) is 0 Å². The molecule has 0 aromatic heterocycles. The van der Waals surface area contributed by atoms with Gasteiger partial charge in [-0.25, -0.2) is 0 Å². The molecule has 3 aliphatic rings. The zero-order valence-corrected chi connectivity index (χ0v) is 22.7. The topological polar surface area (TPSA) is 206 Å². The van der Waals surface area contributed by atoms with Gasteiger partial charge < -0.3 is 31.1 Å². The number of nitrogens with two attached hydrogens (primary N) is 1. The normalized spacial score (nSPS) is 23.2. The molecule has 2 aromatic rings. The van der Waals surface area contributed by atoms with Gasteiger partial charge in [0.2, 0.25) is 11.6 Å². The van der Waals surface area contributed by atoms with Gasteiger partial charge in [-0.3, -0.25) is 19.2 Å². The van der Waals surface area contributed by atoms with Gasteiger partial charge in [0, 0.05) is 24.5 Å². The molecule has 218 valence electrons. The number of primary amides is 1. The number of Topliss-reactive ketones (excluding diaryl/α,β-unsaturated/α-hetero) is 2. The highest BCUT2D eigenvalue weighted by Gasteiger charge is 2.61. The third-order valence-corrected chi connectivity index (χ3v) is 8.22. The Bertz CT molecular complexity index is 1590. The van der Waals surface area contributed by atoms with E-state index in [9.17, 15) is 39.4 Å². The Balaban J connectivity index is 1.49. The number of rotatable bonds is 8. The number of carbonyl (C=O) groups excluding carboxylic acids is 4. The third-order valence-electron chi connectivity index (χ3n) is 8.22. The SMILES string of the molecule is CCOC(=O)CNCc1ccc(-c2ccc(O)c3c2C[C@H]2C[C@H]4CC(N=O)=C(C(N)=O)C(=O)[C@@]4(O)C(=O)C2=C3O)cc1. The Morgan fingerprint density at radius 2 is 1.81 bits per heavy atom. The standard InChI is InChI=1S/C30H29N3O9/c1-2-42-22(35)13-32-12-14-3-5-15(6-4-14)18-7-8-21(34)24-19(18)10-16-9-17-11-20(33-41)25(29(31)39)28(38)30(17,40)27(37)23(16)26(24)36/h3-8,16-17,32,34,36,40H,2,9-13H2,1H3,(H2,31,39)/t16-,17+,30+/m1/s1. The minimum Gasteiger partial charge on any atom is -0.507 e. The second kappa shape index (κ2) is 11.0. The van der Waals surface area contributed by atoms with E-state index in [0.717, 1.165) is 11.1 Å². The lowest BCUT2D eigenvalue weighted by atomic mass is 9.58. The molecule has 2 aromatic carbocycles. The Kier molecular flexibility index (Phi) is 7.52. The van der Waals surface area contributed by atoms with Crippen LogP contribution < -0.4 is 11.1 Å². The highest BCUT2D eigenvalue weighted by molar-refractivity contribution is 6.32. The van der Waals surface area contributed by atoms with E-state index in [2.05, 4.69) is 10.5 Å². The second-order valence-corrected chi connectivity index (χ2v) is 10.6. The summed E-state index contributed by atoms with van der Waals surface area (Å²) in [4.78, 5) is 61.8. The van der Waals surface area contributed by atoms with Gasteiger partial charge in [0.1, 0.15) is 22.8 Å². The lowest BCUT2D eigenvalue weighted by molar-refractivity contribution is -0.157. The summed E-state index contributed by atoms with van der Waals surface area (Å²) in [6.07, 6.45) is -0.103. The number of esters is 1. The summed E-state index contributed by atoms with van der Waals surface area (Å²) >= 11 is 0. The fourth-order valence-electron chi connectivity index (χ4n) is 6.29. The van der Waals surface area contributed by atoms with E-state index in [1.807, 2.05) is 24.3 Å². The number of aromatic hydroxyl groups is 1. The van der Waals surface area contributed by atoms with Crippen LogP contribution in [-0.2, 0) is 36.9 Å². The molecule has 3 atom stereocenters. The molecule has 1 saturated carbocycles. The molecule has 12 nitrogen and oxygen atoms in total. The van der Waals surface area contributed by atoms with E-state index in [0.29, 0.717) is 24.3 Å². The molecule has 0 spiro atoms. The Morgan fingerprint density at radius 1 is 1.10 bits per heavy atom. The monoisotopic (exact) mass is 575 g/mol. The molecule has 0 aliphatic heterocycles. The summed E-state index contributed by atoms with van der Waals surface area (Å²) in [7, 11) is 0. The Hall–Kier alpha value is -4.68. The minimum absolute atomic E-state index is 0.0125. The second-order valence-electron chi connectivity index (χ2n) is 10.6. The molecule has 1 amide bonds.